The van der Waals surface area contributed by atoms with Gasteiger partial charge >= 0.3 is 0 Å². The Balaban J connectivity index is 2.42. The molecule has 0 N–H and O–H groups in total. The smallest absolute Gasteiger partial charge is 0.0473 e. The van der Waals surface area contributed by atoms with Crippen molar-refractivity contribution in [2.24, 2.45) is 0 Å². The molecule has 2 rings (SSSR count). The van der Waals surface area contributed by atoms with Gasteiger partial charge in [-0.15, -0.1) is 0 Å². The molecule has 1 heteroatoms. The van der Waals surface area contributed by atoms with Crippen LogP contribution in [0.25, 0.3) is 0 Å². The molecular formula is C15H15Cl. The van der Waals surface area contributed by atoms with Gasteiger partial charge in [-0.2, -0.15) is 0 Å². The molecule has 0 radical (unpaired) electrons. The molecule has 0 spiro atoms. The zero-order chi connectivity index (χ0) is 11.5. The Morgan fingerprint density at radius 3 is 2.31 bits per heavy atom. The molecule has 1 unspecified atom stereocenters. The van der Waals surface area contributed by atoms with Crippen molar-refractivity contribution in [2.45, 2.75) is 19.8 Å². The van der Waals surface area contributed by atoms with Gasteiger partial charge in [0.25, 0.3) is 0 Å². The molecule has 0 aliphatic carbocycles. The van der Waals surface area contributed by atoms with Gasteiger partial charge in [-0.1, -0.05) is 67.1 Å². The van der Waals surface area contributed by atoms with Crippen molar-refractivity contribution in [3.63, 3.8) is 0 Å². The zero-order valence-electron chi connectivity index (χ0n) is 9.57. The Morgan fingerprint density at radius 1 is 0.938 bits per heavy atom. The van der Waals surface area contributed by atoms with E-state index in [1.165, 1.54) is 11.1 Å². The van der Waals surface area contributed by atoms with E-state index in [2.05, 4.69) is 43.3 Å². The molecule has 0 fully saturated rings. The first kappa shape index (κ1) is 11.2. The van der Waals surface area contributed by atoms with Crippen LogP contribution < -0.4 is 0 Å². The monoisotopic (exact) mass is 230 g/mol. The first-order valence-corrected chi connectivity index (χ1v) is 5.88. The van der Waals surface area contributed by atoms with E-state index >= 15 is 0 Å². The lowest BCUT2D eigenvalue weighted by Gasteiger charge is -2.15. The van der Waals surface area contributed by atoms with Crippen molar-refractivity contribution < 1.29 is 0 Å². The SMILES string of the molecule is Cc1cccc(C(C)c2ccccc2)c1Cl. The third-order valence-corrected chi connectivity index (χ3v) is 3.50. The van der Waals surface area contributed by atoms with E-state index < -0.39 is 0 Å². The molecule has 0 saturated carbocycles. The van der Waals surface area contributed by atoms with E-state index in [0.29, 0.717) is 5.92 Å². The second-order valence-corrected chi connectivity index (χ2v) is 4.49. The summed E-state index contributed by atoms with van der Waals surface area (Å²) in [7, 11) is 0. The van der Waals surface area contributed by atoms with Crippen LogP contribution in [0.5, 0.6) is 0 Å². The van der Waals surface area contributed by atoms with Crippen molar-refractivity contribution in [1.29, 1.82) is 0 Å². The van der Waals surface area contributed by atoms with Gasteiger partial charge in [0.15, 0.2) is 0 Å². The van der Waals surface area contributed by atoms with Crippen LogP contribution in [0.1, 0.15) is 29.5 Å². The quantitative estimate of drug-likeness (QED) is 0.695. The minimum Gasteiger partial charge on any atom is -0.0837 e. The average Bonchev–Trinajstić information content (AvgIpc) is 2.33. The standard InChI is InChI=1S/C15H15Cl/c1-11-7-6-10-14(15(11)16)12(2)13-8-4-3-5-9-13/h3-10,12H,1-2H3. The predicted molar refractivity (Wildman–Crippen MR) is 70.1 cm³/mol. The second-order valence-electron chi connectivity index (χ2n) is 4.11. The first-order chi connectivity index (χ1) is 7.70. The molecule has 0 saturated heterocycles. The van der Waals surface area contributed by atoms with E-state index in [0.717, 1.165) is 10.6 Å². The minimum absolute atomic E-state index is 0.341. The summed E-state index contributed by atoms with van der Waals surface area (Å²) >= 11 is 6.34. The summed E-state index contributed by atoms with van der Waals surface area (Å²) < 4.78 is 0. The van der Waals surface area contributed by atoms with Crippen LogP contribution in [0.15, 0.2) is 48.5 Å². The maximum atomic E-state index is 6.34. The highest BCUT2D eigenvalue weighted by Crippen LogP contribution is 2.31. The number of rotatable bonds is 2. The van der Waals surface area contributed by atoms with Gasteiger partial charge in [0.1, 0.15) is 0 Å². The number of aryl methyl sites for hydroxylation is 1. The Kier molecular flexibility index (Phi) is 3.31. The van der Waals surface area contributed by atoms with Gasteiger partial charge in [-0.25, -0.2) is 0 Å². The first-order valence-electron chi connectivity index (χ1n) is 5.50. The fraction of sp³-hybridized carbons (Fsp3) is 0.200. The molecule has 0 nitrogen and oxygen atoms in total. The molecule has 16 heavy (non-hydrogen) atoms. The fourth-order valence-electron chi connectivity index (χ4n) is 1.93. The Morgan fingerprint density at radius 2 is 1.62 bits per heavy atom. The summed E-state index contributed by atoms with van der Waals surface area (Å²) in [5.41, 5.74) is 3.64. The highest BCUT2D eigenvalue weighted by atomic mass is 35.5. The number of hydrogen-bond donors (Lipinski definition) is 0. The molecule has 82 valence electrons. The number of benzene rings is 2. The Bertz CT molecular complexity index is 474. The highest BCUT2D eigenvalue weighted by Gasteiger charge is 2.12. The van der Waals surface area contributed by atoms with Crippen molar-refractivity contribution in [3.8, 4) is 0 Å². The summed E-state index contributed by atoms with van der Waals surface area (Å²) in [4.78, 5) is 0. The Labute approximate surface area is 102 Å². The van der Waals surface area contributed by atoms with Crippen molar-refractivity contribution in [1.82, 2.24) is 0 Å². The van der Waals surface area contributed by atoms with Crippen LogP contribution >= 0.6 is 11.6 Å². The molecule has 0 amide bonds. The number of halogens is 1. The lowest BCUT2D eigenvalue weighted by molar-refractivity contribution is 0.920. The largest absolute Gasteiger partial charge is 0.0837 e. The molecule has 0 aliphatic heterocycles. The van der Waals surface area contributed by atoms with E-state index in [-0.39, 0.29) is 0 Å². The molecule has 1 atom stereocenters. The maximum Gasteiger partial charge on any atom is 0.0473 e. The molecule has 2 aromatic carbocycles. The molecule has 0 bridgehead atoms. The van der Waals surface area contributed by atoms with Gasteiger partial charge in [-0.3, -0.25) is 0 Å². The highest BCUT2D eigenvalue weighted by molar-refractivity contribution is 6.32. The van der Waals surface area contributed by atoms with Crippen LogP contribution in [-0.4, -0.2) is 0 Å². The third kappa shape index (κ3) is 2.12. The summed E-state index contributed by atoms with van der Waals surface area (Å²) in [6.07, 6.45) is 0. The molecular weight excluding hydrogens is 216 g/mol. The third-order valence-electron chi connectivity index (χ3n) is 2.99. The van der Waals surface area contributed by atoms with E-state index in [4.69, 9.17) is 11.6 Å². The number of hydrogen-bond acceptors (Lipinski definition) is 0. The molecule has 2 aromatic rings. The van der Waals surface area contributed by atoms with E-state index in [1.54, 1.807) is 0 Å². The van der Waals surface area contributed by atoms with Gasteiger partial charge in [0, 0.05) is 10.9 Å². The summed E-state index contributed by atoms with van der Waals surface area (Å²) in [6, 6.07) is 16.7. The normalized spacial score (nSPS) is 12.4. The van der Waals surface area contributed by atoms with Crippen LogP contribution in [0, 0.1) is 6.92 Å². The lowest BCUT2D eigenvalue weighted by Crippen LogP contribution is -1.97. The van der Waals surface area contributed by atoms with Crippen LogP contribution in [-0.2, 0) is 0 Å². The summed E-state index contributed by atoms with van der Waals surface area (Å²) in [5, 5.41) is 0.888. The summed E-state index contributed by atoms with van der Waals surface area (Å²) in [6.45, 7) is 4.24. The maximum absolute atomic E-state index is 6.34. The lowest BCUT2D eigenvalue weighted by atomic mass is 9.92. The van der Waals surface area contributed by atoms with Crippen LogP contribution in [0.3, 0.4) is 0 Å². The summed E-state index contributed by atoms with van der Waals surface area (Å²) in [5.74, 6) is 0.341. The zero-order valence-corrected chi connectivity index (χ0v) is 10.3. The second kappa shape index (κ2) is 4.71. The van der Waals surface area contributed by atoms with Gasteiger partial charge in [0.2, 0.25) is 0 Å². The molecule has 0 heterocycles. The van der Waals surface area contributed by atoms with Crippen LogP contribution in [0.2, 0.25) is 5.02 Å². The van der Waals surface area contributed by atoms with Gasteiger partial charge in [-0.05, 0) is 23.6 Å². The minimum atomic E-state index is 0.341. The topological polar surface area (TPSA) is 0 Å². The molecule has 0 aromatic heterocycles. The van der Waals surface area contributed by atoms with Crippen LogP contribution in [0.4, 0.5) is 0 Å². The van der Waals surface area contributed by atoms with Crippen molar-refractivity contribution in [3.05, 3.63) is 70.2 Å². The van der Waals surface area contributed by atoms with Crippen molar-refractivity contribution >= 4 is 11.6 Å². The van der Waals surface area contributed by atoms with E-state index in [9.17, 15) is 0 Å². The average molecular weight is 231 g/mol. The Hall–Kier alpha value is -1.27. The van der Waals surface area contributed by atoms with Gasteiger partial charge in [0.05, 0.1) is 0 Å². The molecule has 0 aliphatic rings. The predicted octanol–water partition coefficient (Wildman–Crippen LogP) is 4.80. The van der Waals surface area contributed by atoms with E-state index in [1.807, 2.05) is 19.1 Å². The van der Waals surface area contributed by atoms with Gasteiger partial charge < -0.3 is 0 Å². The van der Waals surface area contributed by atoms with Crippen molar-refractivity contribution in [2.75, 3.05) is 0 Å². The fourth-order valence-corrected chi connectivity index (χ4v) is 2.22.